The second-order valence-electron chi connectivity index (χ2n) is 6.46. The van der Waals surface area contributed by atoms with Gasteiger partial charge in [-0.3, -0.25) is 9.10 Å². The minimum atomic E-state index is -3.35. The van der Waals surface area contributed by atoms with Crippen LogP contribution in [-0.4, -0.2) is 44.1 Å². The number of benzene rings is 1. The molecule has 1 atom stereocenters. The molecule has 1 aromatic rings. The number of likely N-dealkylation sites (tertiary alicyclic amines) is 1. The lowest BCUT2D eigenvalue weighted by atomic mass is 10.1. The van der Waals surface area contributed by atoms with E-state index in [1.807, 2.05) is 4.90 Å². The summed E-state index contributed by atoms with van der Waals surface area (Å²) in [5.41, 5.74) is 0.935. The molecule has 24 heavy (non-hydrogen) atoms. The molecule has 1 unspecified atom stereocenters. The van der Waals surface area contributed by atoms with Crippen LogP contribution < -0.4 is 4.31 Å². The Kier molecular flexibility index (Phi) is 5.06. The van der Waals surface area contributed by atoms with E-state index in [9.17, 15) is 13.2 Å². The average Bonchev–Trinajstić information content (AvgIpc) is 3.03. The number of carbonyl (C=O) groups excluding carboxylic acids is 1. The van der Waals surface area contributed by atoms with E-state index in [0.717, 1.165) is 32.2 Å². The predicted octanol–water partition coefficient (Wildman–Crippen LogP) is 3.28. The van der Waals surface area contributed by atoms with Crippen LogP contribution in [0.4, 0.5) is 5.69 Å². The van der Waals surface area contributed by atoms with Crippen molar-refractivity contribution < 1.29 is 13.2 Å². The second kappa shape index (κ2) is 6.92. The first-order chi connectivity index (χ1) is 11.4. The summed E-state index contributed by atoms with van der Waals surface area (Å²) in [5, 5.41) is 0.366. The Hall–Kier alpha value is -1.27. The summed E-state index contributed by atoms with van der Waals surface area (Å²) in [6, 6.07) is 5.23. The van der Waals surface area contributed by atoms with Crippen LogP contribution >= 0.6 is 11.6 Å². The van der Waals surface area contributed by atoms with E-state index in [0.29, 0.717) is 29.2 Å². The smallest absolute Gasteiger partial charge is 0.254 e. The topological polar surface area (TPSA) is 57.7 Å². The van der Waals surface area contributed by atoms with Gasteiger partial charge < -0.3 is 4.90 Å². The molecule has 0 bridgehead atoms. The quantitative estimate of drug-likeness (QED) is 0.820. The van der Waals surface area contributed by atoms with Crippen molar-refractivity contribution in [2.75, 3.05) is 23.1 Å². The third-order valence-electron chi connectivity index (χ3n) is 4.92. The Labute approximate surface area is 148 Å². The molecule has 132 valence electrons. The van der Waals surface area contributed by atoms with Crippen molar-refractivity contribution in [2.24, 2.45) is 0 Å². The van der Waals surface area contributed by atoms with E-state index < -0.39 is 10.0 Å². The van der Waals surface area contributed by atoms with E-state index in [4.69, 9.17) is 11.6 Å². The molecule has 7 heteroatoms. The highest BCUT2D eigenvalue weighted by atomic mass is 35.5. The van der Waals surface area contributed by atoms with Crippen molar-refractivity contribution >= 4 is 33.2 Å². The maximum atomic E-state index is 12.8. The van der Waals surface area contributed by atoms with Crippen LogP contribution in [0.15, 0.2) is 18.2 Å². The van der Waals surface area contributed by atoms with Gasteiger partial charge in [-0.1, -0.05) is 18.5 Å². The molecule has 5 nitrogen and oxygen atoms in total. The van der Waals surface area contributed by atoms with Gasteiger partial charge in [-0.15, -0.1) is 0 Å². The SMILES string of the molecule is CCC1CCCN1C(=O)c1ccc(Cl)c(N2CCCCS2(=O)=O)c1. The van der Waals surface area contributed by atoms with E-state index >= 15 is 0 Å². The van der Waals surface area contributed by atoms with E-state index in [1.165, 1.54) is 4.31 Å². The highest BCUT2D eigenvalue weighted by molar-refractivity contribution is 7.92. The number of anilines is 1. The van der Waals surface area contributed by atoms with Crippen molar-refractivity contribution in [2.45, 2.75) is 45.1 Å². The van der Waals surface area contributed by atoms with Gasteiger partial charge in [0.25, 0.3) is 5.91 Å². The molecule has 1 aromatic carbocycles. The Morgan fingerprint density at radius 3 is 2.75 bits per heavy atom. The third-order valence-corrected chi connectivity index (χ3v) is 7.10. The van der Waals surface area contributed by atoms with Gasteiger partial charge in [-0.2, -0.15) is 0 Å². The minimum Gasteiger partial charge on any atom is -0.336 e. The molecule has 0 radical (unpaired) electrons. The number of rotatable bonds is 3. The molecule has 1 amide bonds. The molecular formula is C17H23ClN2O3S. The Bertz CT molecular complexity index is 735. The lowest BCUT2D eigenvalue weighted by Crippen LogP contribution is -2.38. The van der Waals surface area contributed by atoms with E-state index in [2.05, 4.69) is 6.92 Å². The monoisotopic (exact) mass is 370 g/mol. The highest BCUT2D eigenvalue weighted by Crippen LogP contribution is 2.32. The summed E-state index contributed by atoms with van der Waals surface area (Å²) in [5.74, 6) is 0.0950. The minimum absolute atomic E-state index is 0.0355. The number of nitrogens with zero attached hydrogens (tertiary/aromatic N) is 2. The molecule has 0 aromatic heterocycles. The van der Waals surface area contributed by atoms with Gasteiger partial charge in [0, 0.05) is 24.7 Å². The van der Waals surface area contributed by atoms with Gasteiger partial charge in [0.2, 0.25) is 10.0 Å². The zero-order valence-corrected chi connectivity index (χ0v) is 15.4. The van der Waals surface area contributed by atoms with Crippen molar-refractivity contribution in [3.8, 4) is 0 Å². The van der Waals surface area contributed by atoms with E-state index in [1.54, 1.807) is 18.2 Å². The number of hydrogen-bond donors (Lipinski definition) is 0. The molecule has 2 fully saturated rings. The zero-order valence-electron chi connectivity index (χ0n) is 13.9. The van der Waals surface area contributed by atoms with Crippen molar-refractivity contribution in [1.29, 1.82) is 0 Å². The lowest BCUT2D eigenvalue weighted by molar-refractivity contribution is 0.0733. The predicted molar refractivity (Wildman–Crippen MR) is 96.2 cm³/mol. The van der Waals surface area contributed by atoms with E-state index in [-0.39, 0.29) is 17.7 Å². The first-order valence-electron chi connectivity index (χ1n) is 8.55. The normalized spacial score (nSPS) is 23.5. The largest absolute Gasteiger partial charge is 0.336 e. The van der Waals surface area contributed by atoms with Crippen LogP contribution in [-0.2, 0) is 10.0 Å². The summed E-state index contributed by atoms with van der Waals surface area (Å²) in [6.07, 6.45) is 4.46. The molecule has 0 spiro atoms. The molecule has 2 aliphatic rings. The first-order valence-corrected chi connectivity index (χ1v) is 10.5. The molecule has 0 saturated carbocycles. The number of amides is 1. The maximum absolute atomic E-state index is 12.8. The van der Waals surface area contributed by atoms with Crippen molar-refractivity contribution in [3.05, 3.63) is 28.8 Å². The van der Waals surface area contributed by atoms with Gasteiger partial charge in [0.1, 0.15) is 0 Å². The van der Waals surface area contributed by atoms with Crippen LogP contribution in [0.5, 0.6) is 0 Å². The standard InChI is InChI=1S/C17H23ClN2O3S/c1-2-14-6-5-9-19(14)17(21)13-7-8-15(18)16(12-13)20-10-3-4-11-24(20,22)23/h7-8,12,14H,2-6,9-11H2,1H3. The fourth-order valence-corrected chi connectivity index (χ4v) is 5.51. The van der Waals surface area contributed by atoms with Gasteiger partial charge >= 0.3 is 0 Å². The second-order valence-corrected chi connectivity index (χ2v) is 8.88. The third kappa shape index (κ3) is 3.26. The van der Waals surface area contributed by atoms with Crippen LogP contribution in [0.3, 0.4) is 0 Å². The molecule has 2 heterocycles. The number of sulfonamides is 1. The van der Waals surface area contributed by atoms with Gasteiger partial charge in [-0.05, 0) is 50.3 Å². The van der Waals surface area contributed by atoms with Crippen molar-refractivity contribution in [3.63, 3.8) is 0 Å². The molecule has 3 rings (SSSR count). The highest BCUT2D eigenvalue weighted by Gasteiger charge is 2.31. The van der Waals surface area contributed by atoms with Gasteiger partial charge in [-0.25, -0.2) is 8.42 Å². The van der Waals surface area contributed by atoms with Crippen molar-refractivity contribution in [1.82, 2.24) is 4.90 Å². The van der Waals surface area contributed by atoms with Crippen LogP contribution in [0.1, 0.15) is 49.4 Å². The Morgan fingerprint density at radius 1 is 1.25 bits per heavy atom. The summed E-state index contributed by atoms with van der Waals surface area (Å²) in [6.45, 7) is 3.27. The summed E-state index contributed by atoms with van der Waals surface area (Å²) in [4.78, 5) is 14.7. The molecule has 0 N–H and O–H groups in total. The van der Waals surface area contributed by atoms with Crippen LogP contribution in [0.25, 0.3) is 0 Å². The van der Waals surface area contributed by atoms with Gasteiger partial charge in [0.15, 0.2) is 0 Å². The first kappa shape index (κ1) is 17.5. The molecule has 2 saturated heterocycles. The Balaban J connectivity index is 1.93. The molecule has 0 aliphatic carbocycles. The number of hydrogen-bond acceptors (Lipinski definition) is 3. The number of halogens is 1. The average molecular weight is 371 g/mol. The van der Waals surface area contributed by atoms with Crippen LogP contribution in [0, 0.1) is 0 Å². The molecular weight excluding hydrogens is 348 g/mol. The zero-order chi connectivity index (χ0) is 17.3. The molecule has 2 aliphatic heterocycles. The fraction of sp³-hybridized carbons (Fsp3) is 0.588. The van der Waals surface area contributed by atoms with Gasteiger partial charge in [0.05, 0.1) is 16.5 Å². The maximum Gasteiger partial charge on any atom is 0.254 e. The summed E-state index contributed by atoms with van der Waals surface area (Å²) < 4.78 is 26.0. The number of carbonyl (C=O) groups is 1. The summed E-state index contributed by atoms with van der Waals surface area (Å²) >= 11 is 6.25. The summed E-state index contributed by atoms with van der Waals surface area (Å²) in [7, 11) is -3.35. The van der Waals surface area contributed by atoms with Crippen LogP contribution in [0.2, 0.25) is 5.02 Å². The Morgan fingerprint density at radius 2 is 2.04 bits per heavy atom. The lowest BCUT2D eigenvalue weighted by Gasteiger charge is -2.30. The fourth-order valence-electron chi connectivity index (χ4n) is 3.59.